The molecular formula is C24H28N4O5S. The van der Waals surface area contributed by atoms with Gasteiger partial charge in [-0.25, -0.2) is 13.2 Å². The van der Waals surface area contributed by atoms with Gasteiger partial charge in [0.05, 0.1) is 4.90 Å². The van der Waals surface area contributed by atoms with Crippen molar-refractivity contribution in [1.29, 1.82) is 0 Å². The van der Waals surface area contributed by atoms with Crippen molar-refractivity contribution in [2.24, 2.45) is 0 Å². The van der Waals surface area contributed by atoms with E-state index in [4.69, 9.17) is 0 Å². The molecule has 9 nitrogen and oxygen atoms in total. The largest absolute Gasteiger partial charge is 0.325 e. The summed E-state index contributed by atoms with van der Waals surface area (Å²) in [5.41, 5.74) is 1.77. The van der Waals surface area contributed by atoms with Crippen molar-refractivity contribution >= 4 is 33.6 Å². The molecule has 2 aromatic carbocycles. The monoisotopic (exact) mass is 484 g/mol. The first kappa shape index (κ1) is 23.9. The normalized spacial score (nSPS) is 19.2. The van der Waals surface area contributed by atoms with E-state index in [1.54, 1.807) is 19.1 Å². The van der Waals surface area contributed by atoms with Gasteiger partial charge in [-0.3, -0.25) is 14.5 Å². The van der Waals surface area contributed by atoms with Crippen molar-refractivity contribution in [3.8, 4) is 0 Å². The van der Waals surface area contributed by atoms with Gasteiger partial charge in [-0.15, -0.1) is 0 Å². The fourth-order valence-corrected chi connectivity index (χ4v) is 6.03. The van der Waals surface area contributed by atoms with Gasteiger partial charge in [0.1, 0.15) is 12.6 Å². The number of anilines is 1. The smallest absolute Gasteiger partial charge is 0.325 e. The number of urea groups is 1. The van der Waals surface area contributed by atoms with Crippen LogP contribution < -0.4 is 10.6 Å². The van der Waals surface area contributed by atoms with E-state index in [1.165, 1.54) is 10.4 Å². The van der Waals surface area contributed by atoms with Crippen molar-refractivity contribution in [3.63, 3.8) is 0 Å². The molecule has 34 heavy (non-hydrogen) atoms. The third-order valence-electron chi connectivity index (χ3n) is 6.10. The van der Waals surface area contributed by atoms with Crippen LogP contribution in [0.25, 0.3) is 0 Å². The average molecular weight is 485 g/mol. The Morgan fingerprint density at radius 2 is 1.76 bits per heavy atom. The lowest BCUT2D eigenvalue weighted by molar-refractivity contribution is -0.130. The molecule has 10 heteroatoms. The second kappa shape index (κ2) is 9.94. The van der Waals surface area contributed by atoms with E-state index in [9.17, 15) is 22.8 Å². The van der Waals surface area contributed by atoms with Crippen molar-refractivity contribution < 1.29 is 22.8 Å². The summed E-state index contributed by atoms with van der Waals surface area (Å²) in [6, 6.07) is 12.6. The lowest BCUT2D eigenvalue weighted by Gasteiger charge is -2.26. The van der Waals surface area contributed by atoms with Crippen LogP contribution in [0.5, 0.6) is 0 Å². The summed E-state index contributed by atoms with van der Waals surface area (Å²) in [4.78, 5) is 38.6. The van der Waals surface area contributed by atoms with Crippen LogP contribution in [0.15, 0.2) is 53.4 Å². The van der Waals surface area contributed by atoms with Crippen LogP contribution in [0.1, 0.15) is 30.4 Å². The van der Waals surface area contributed by atoms with E-state index in [-0.39, 0.29) is 4.90 Å². The maximum Gasteiger partial charge on any atom is 0.325 e. The minimum Gasteiger partial charge on any atom is -0.325 e. The molecule has 0 unspecified atom stereocenters. The number of hydrogen-bond donors (Lipinski definition) is 2. The van der Waals surface area contributed by atoms with E-state index in [0.29, 0.717) is 30.8 Å². The van der Waals surface area contributed by atoms with E-state index >= 15 is 0 Å². The zero-order valence-electron chi connectivity index (χ0n) is 19.0. The van der Waals surface area contributed by atoms with Crippen LogP contribution >= 0.6 is 0 Å². The Morgan fingerprint density at radius 3 is 2.47 bits per heavy atom. The van der Waals surface area contributed by atoms with Gasteiger partial charge in [0.25, 0.3) is 5.91 Å². The SMILES string of the molecule is Cc1ccc(NC(=O)CN2C(=O)N[C@@H](Cc3ccccc3)C2=O)cc1S(=O)(=O)N1CCCCC1. The first-order chi connectivity index (χ1) is 16.3. The number of carbonyl (C=O) groups excluding carboxylic acids is 3. The summed E-state index contributed by atoms with van der Waals surface area (Å²) in [7, 11) is -3.67. The van der Waals surface area contributed by atoms with Crippen LogP contribution in [0.4, 0.5) is 10.5 Å². The molecule has 4 rings (SSSR count). The van der Waals surface area contributed by atoms with E-state index in [0.717, 1.165) is 29.7 Å². The second-order valence-electron chi connectivity index (χ2n) is 8.61. The highest BCUT2D eigenvalue weighted by atomic mass is 32.2. The van der Waals surface area contributed by atoms with Crippen molar-refractivity contribution in [2.45, 2.75) is 43.5 Å². The molecule has 0 radical (unpaired) electrons. The number of carbonyl (C=O) groups is 3. The highest BCUT2D eigenvalue weighted by Gasteiger charge is 2.39. The molecule has 0 aromatic heterocycles. The lowest BCUT2D eigenvalue weighted by atomic mass is 10.1. The van der Waals surface area contributed by atoms with Crippen LogP contribution in [0.2, 0.25) is 0 Å². The fraction of sp³-hybridized carbons (Fsp3) is 0.375. The number of hydrogen-bond acceptors (Lipinski definition) is 5. The number of nitrogens with one attached hydrogen (secondary N) is 2. The molecule has 2 N–H and O–H groups in total. The zero-order chi connectivity index (χ0) is 24.3. The molecule has 0 bridgehead atoms. The van der Waals surface area contributed by atoms with Gasteiger partial charge in [0, 0.05) is 25.2 Å². The first-order valence-electron chi connectivity index (χ1n) is 11.3. The Labute approximate surface area is 199 Å². The maximum atomic E-state index is 13.1. The number of imide groups is 1. The Hall–Kier alpha value is -3.24. The molecule has 2 saturated heterocycles. The molecule has 0 aliphatic carbocycles. The van der Waals surface area contributed by atoms with Crippen LogP contribution in [0, 0.1) is 6.92 Å². The van der Waals surface area contributed by atoms with Crippen molar-refractivity contribution in [1.82, 2.24) is 14.5 Å². The standard InChI is InChI=1S/C24H28N4O5S/c1-17-10-11-19(15-21(17)34(32,33)27-12-6-3-7-13-27)25-22(29)16-28-23(30)20(26-24(28)31)14-18-8-4-2-5-9-18/h2,4-5,8-11,15,20H,3,6-7,12-14,16H2,1H3,(H,25,29)(H,26,31)/t20-/m0/s1. The molecule has 2 aliphatic rings. The topological polar surface area (TPSA) is 116 Å². The molecule has 2 aromatic rings. The van der Waals surface area contributed by atoms with E-state index < -0.39 is 40.5 Å². The predicted molar refractivity (Wildman–Crippen MR) is 127 cm³/mol. The highest BCUT2D eigenvalue weighted by Crippen LogP contribution is 2.26. The molecule has 2 heterocycles. The highest BCUT2D eigenvalue weighted by molar-refractivity contribution is 7.89. The fourth-order valence-electron chi connectivity index (χ4n) is 4.26. The minimum absolute atomic E-state index is 0.144. The summed E-state index contributed by atoms with van der Waals surface area (Å²) in [6.07, 6.45) is 2.99. The Bertz CT molecular complexity index is 1190. The first-order valence-corrected chi connectivity index (χ1v) is 12.8. The molecule has 0 spiro atoms. The van der Waals surface area contributed by atoms with Crippen LogP contribution in [0.3, 0.4) is 0 Å². The number of benzene rings is 2. The van der Waals surface area contributed by atoms with Gasteiger partial charge in [-0.1, -0.05) is 42.8 Å². The van der Waals surface area contributed by atoms with Crippen molar-refractivity contribution in [3.05, 3.63) is 59.7 Å². The molecule has 4 amide bonds. The van der Waals surface area contributed by atoms with Gasteiger partial charge in [-0.05, 0) is 43.0 Å². The van der Waals surface area contributed by atoms with Crippen LogP contribution in [-0.4, -0.2) is 61.1 Å². The third kappa shape index (κ3) is 5.13. The molecule has 1 atom stereocenters. The van der Waals surface area contributed by atoms with E-state index in [1.807, 2.05) is 30.3 Å². The van der Waals surface area contributed by atoms with Gasteiger partial charge in [0.15, 0.2) is 0 Å². The van der Waals surface area contributed by atoms with E-state index in [2.05, 4.69) is 10.6 Å². The summed E-state index contributed by atoms with van der Waals surface area (Å²) in [5.74, 6) is -1.06. The predicted octanol–water partition coefficient (Wildman–Crippen LogP) is 2.27. The Kier molecular flexibility index (Phi) is 6.99. The average Bonchev–Trinajstić information content (AvgIpc) is 3.08. The van der Waals surface area contributed by atoms with Crippen molar-refractivity contribution in [2.75, 3.05) is 25.0 Å². The second-order valence-corrected chi connectivity index (χ2v) is 10.5. The summed E-state index contributed by atoms with van der Waals surface area (Å²) >= 11 is 0. The summed E-state index contributed by atoms with van der Waals surface area (Å²) < 4.78 is 27.7. The van der Waals surface area contributed by atoms with Gasteiger partial charge < -0.3 is 10.6 Å². The lowest BCUT2D eigenvalue weighted by Crippen LogP contribution is -2.38. The Balaban J connectivity index is 1.42. The number of sulfonamides is 1. The Morgan fingerprint density at radius 1 is 1.06 bits per heavy atom. The number of amides is 4. The summed E-state index contributed by atoms with van der Waals surface area (Å²) in [5, 5.41) is 5.24. The van der Waals surface area contributed by atoms with Gasteiger partial charge in [0.2, 0.25) is 15.9 Å². The molecule has 180 valence electrons. The zero-order valence-corrected chi connectivity index (χ0v) is 19.8. The summed E-state index contributed by atoms with van der Waals surface area (Å²) in [6.45, 7) is 2.21. The molecule has 2 fully saturated rings. The maximum absolute atomic E-state index is 13.1. The number of aryl methyl sites for hydroxylation is 1. The number of piperidine rings is 1. The number of nitrogens with zero attached hydrogens (tertiary/aromatic N) is 2. The molecule has 2 aliphatic heterocycles. The molecular weight excluding hydrogens is 456 g/mol. The molecule has 0 saturated carbocycles. The third-order valence-corrected chi connectivity index (χ3v) is 8.14. The quantitative estimate of drug-likeness (QED) is 0.585. The van der Waals surface area contributed by atoms with Gasteiger partial charge >= 0.3 is 6.03 Å². The number of rotatable bonds is 7. The van der Waals surface area contributed by atoms with Gasteiger partial charge in [-0.2, -0.15) is 4.31 Å². The minimum atomic E-state index is -3.67. The van der Waals surface area contributed by atoms with Crippen LogP contribution in [-0.2, 0) is 26.0 Å².